The maximum atomic E-state index is 6.31. The molecule has 0 unspecified atom stereocenters. The summed E-state index contributed by atoms with van der Waals surface area (Å²) >= 11 is 0. The van der Waals surface area contributed by atoms with Crippen LogP contribution in [0.5, 0.6) is 0 Å². The first-order chi connectivity index (χ1) is 9.91. The first-order valence-electron chi connectivity index (χ1n) is 7.57. The minimum atomic E-state index is 0.285. The van der Waals surface area contributed by atoms with Crippen molar-refractivity contribution in [3.8, 4) is 0 Å². The van der Waals surface area contributed by atoms with Crippen LogP contribution in [0.15, 0.2) is 30.3 Å². The fourth-order valence-electron chi connectivity index (χ4n) is 2.48. The summed E-state index contributed by atoms with van der Waals surface area (Å²) in [6.45, 7) is 11.5. The van der Waals surface area contributed by atoms with Gasteiger partial charge in [-0.05, 0) is 40.2 Å². The molecule has 2 aromatic rings. The minimum Gasteiger partial charge on any atom is -0.394 e. The molecule has 2 rings (SSSR count). The topological polar surface area (TPSA) is 47.1 Å². The second-order valence-electron chi connectivity index (χ2n) is 6.07. The number of benzene rings is 1. The number of nitrogen functional groups attached to an aromatic ring is 1. The first kappa shape index (κ1) is 15.4. The Morgan fingerprint density at radius 1 is 1.14 bits per heavy atom. The van der Waals surface area contributed by atoms with Gasteiger partial charge in [0.2, 0.25) is 0 Å². The number of aryl methyl sites for hydroxylation is 1. The van der Waals surface area contributed by atoms with Crippen molar-refractivity contribution in [3.05, 3.63) is 41.6 Å². The molecule has 2 N–H and O–H groups in total. The van der Waals surface area contributed by atoms with Crippen molar-refractivity contribution in [1.29, 1.82) is 0 Å². The Hall–Kier alpha value is -1.97. The Balaban J connectivity index is 2.44. The molecule has 0 aliphatic rings. The summed E-state index contributed by atoms with van der Waals surface area (Å²) in [4.78, 5) is 2.32. The molecule has 0 saturated heterocycles. The largest absolute Gasteiger partial charge is 0.394 e. The average Bonchev–Trinajstić information content (AvgIpc) is 2.73. The number of hydrogen-bond acceptors (Lipinski definition) is 3. The normalized spacial score (nSPS) is 11.4. The summed E-state index contributed by atoms with van der Waals surface area (Å²) in [5, 5.41) is 4.60. The number of rotatable bonds is 5. The predicted octanol–water partition coefficient (Wildman–Crippen LogP) is 3.77. The van der Waals surface area contributed by atoms with Crippen molar-refractivity contribution in [2.45, 2.75) is 53.2 Å². The van der Waals surface area contributed by atoms with E-state index in [1.807, 2.05) is 17.7 Å². The standard InChI is InChI=1S/C17H26N4/c1-12(2)20(11-15-9-7-6-8-10-15)17-16(18)14(5)19-21(17)13(3)4/h6-10,12-13H,11,18H2,1-5H3. The zero-order valence-corrected chi connectivity index (χ0v) is 13.7. The summed E-state index contributed by atoms with van der Waals surface area (Å²) < 4.78 is 2.04. The maximum Gasteiger partial charge on any atom is 0.151 e. The van der Waals surface area contributed by atoms with Crippen molar-refractivity contribution in [2.24, 2.45) is 0 Å². The van der Waals surface area contributed by atoms with Gasteiger partial charge in [-0.1, -0.05) is 30.3 Å². The summed E-state index contributed by atoms with van der Waals surface area (Å²) in [5.41, 5.74) is 9.27. The van der Waals surface area contributed by atoms with Crippen LogP contribution in [0.2, 0.25) is 0 Å². The Bertz CT molecular complexity index is 584. The van der Waals surface area contributed by atoms with Crippen LogP contribution in [-0.2, 0) is 6.54 Å². The number of nitrogens with zero attached hydrogens (tertiary/aromatic N) is 3. The van der Waals surface area contributed by atoms with E-state index in [4.69, 9.17) is 5.73 Å². The molecule has 1 aromatic heterocycles. The van der Waals surface area contributed by atoms with E-state index < -0.39 is 0 Å². The van der Waals surface area contributed by atoms with Crippen molar-refractivity contribution >= 4 is 11.5 Å². The Kier molecular flexibility index (Phi) is 4.56. The van der Waals surface area contributed by atoms with Gasteiger partial charge in [0.1, 0.15) is 0 Å². The fourth-order valence-corrected chi connectivity index (χ4v) is 2.48. The monoisotopic (exact) mass is 286 g/mol. The van der Waals surface area contributed by atoms with Gasteiger partial charge in [0.15, 0.2) is 5.82 Å². The van der Waals surface area contributed by atoms with Crippen molar-refractivity contribution in [1.82, 2.24) is 9.78 Å². The molecular weight excluding hydrogens is 260 g/mol. The number of aromatic nitrogens is 2. The van der Waals surface area contributed by atoms with Crippen molar-refractivity contribution in [3.63, 3.8) is 0 Å². The molecule has 0 atom stereocenters. The molecule has 0 spiro atoms. The highest BCUT2D eigenvalue weighted by atomic mass is 15.4. The van der Waals surface area contributed by atoms with Crippen LogP contribution in [-0.4, -0.2) is 15.8 Å². The highest BCUT2D eigenvalue weighted by molar-refractivity contribution is 5.67. The number of nitrogens with two attached hydrogens (primary N) is 1. The molecule has 1 aromatic carbocycles. The molecule has 0 amide bonds. The molecular formula is C17H26N4. The fraction of sp³-hybridized carbons (Fsp3) is 0.471. The lowest BCUT2D eigenvalue weighted by atomic mass is 10.2. The van der Waals surface area contributed by atoms with Gasteiger partial charge < -0.3 is 10.6 Å². The quantitative estimate of drug-likeness (QED) is 0.910. The van der Waals surface area contributed by atoms with E-state index in [-0.39, 0.29) is 6.04 Å². The lowest BCUT2D eigenvalue weighted by Crippen LogP contribution is -2.33. The molecule has 1 heterocycles. The maximum absolute atomic E-state index is 6.31. The van der Waals surface area contributed by atoms with E-state index >= 15 is 0 Å². The van der Waals surface area contributed by atoms with Crippen LogP contribution >= 0.6 is 0 Å². The smallest absolute Gasteiger partial charge is 0.151 e. The third kappa shape index (κ3) is 3.20. The van der Waals surface area contributed by atoms with E-state index in [9.17, 15) is 0 Å². The third-order valence-electron chi connectivity index (χ3n) is 3.69. The van der Waals surface area contributed by atoms with E-state index in [1.54, 1.807) is 0 Å². The molecule has 4 heteroatoms. The van der Waals surface area contributed by atoms with Crippen LogP contribution in [0.1, 0.15) is 45.0 Å². The Morgan fingerprint density at radius 2 is 1.76 bits per heavy atom. The molecule has 0 fully saturated rings. The lowest BCUT2D eigenvalue weighted by molar-refractivity contribution is 0.512. The van der Waals surface area contributed by atoms with Gasteiger partial charge in [-0.15, -0.1) is 0 Å². The van der Waals surface area contributed by atoms with Crippen molar-refractivity contribution < 1.29 is 0 Å². The molecule has 21 heavy (non-hydrogen) atoms. The summed E-state index contributed by atoms with van der Waals surface area (Å²) in [7, 11) is 0. The van der Waals surface area contributed by atoms with Crippen molar-refractivity contribution in [2.75, 3.05) is 10.6 Å². The van der Waals surface area contributed by atoms with E-state index in [0.717, 1.165) is 23.7 Å². The molecule has 114 valence electrons. The van der Waals surface area contributed by atoms with Gasteiger partial charge in [-0.2, -0.15) is 5.10 Å². The van der Waals surface area contributed by atoms with Gasteiger partial charge in [-0.25, -0.2) is 4.68 Å². The molecule has 4 nitrogen and oxygen atoms in total. The van der Waals surface area contributed by atoms with Crippen LogP contribution in [0, 0.1) is 6.92 Å². The Labute approximate surface area is 127 Å². The molecule has 0 saturated carbocycles. The minimum absolute atomic E-state index is 0.285. The average molecular weight is 286 g/mol. The second kappa shape index (κ2) is 6.20. The summed E-state index contributed by atoms with van der Waals surface area (Å²) in [5.74, 6) is 1.03. The van der Waals surface area contributed by atoms with Crippen LogP contribution in [0.25, 0.3) is 0 Å². The summed E-state index contributed by atoms with van der Waals surface area (Å²) in [6, 6.07) is 11.1. The molecule has 0 aliphatic heterocycles. The lowest BCUT2D eigenvalue weighted by Gasteiger charge is -2.30. The van der Waals surface area contributed by atoms with E-state index in [0.29, 0.717) is 6.04 Å². The Morgan fingerprint density at radius 3 is 2.29 bits per heavy atom. The van der Waals surface area contributed by atoms with Crippen LogP contribution in [0.3, 0.4) is 0 Å². The zero-order valence-electron chi connectivity index (χ0n) is 13.7. The predicted molar refractivity (Wildman–Crippen MR) is 89.5 cm³/mol. The zero-order chi connectivity index (χ0) is 15.6. The van der Waals surface area contributed by atoms with Gasteiger partial charge in [-0.3, -0.25) is 0 Å². The van der Waals surface area contributed by atoms with E-state index in [1.165, 1.54) is 5.56 Å². The van der Waals surface area contributed by atoms with Gasteiger partial charge in [0.05, 0.1) is 11.4 Å². The molecule has 0 bridgehead atoms. The van der Waals surface area contributed by atoms with Gasteiger partial charge in [0.25, 0.3) is 0 Å². The SMILES string of the molecule is Cc1nn(C(C)C)c(N(Cc2ccccc2)C(C)C)c1N. The van der Waals surface area contributed by atoms with Gasteiger partial charge >= 0.3 is 0 Å². The summed E-state index contributed by atoms with van der Waals surface area (Å²) in [6.07, 6.45) is 0. The van der Waals surface area contributed by atoms with E-state index in [2.05, 4.69) is 62.0 Å². The van der Waals surface area contributed by atoms with Crippen LogP contribution < -0.4 is 10.6 Å². The van der Waals surface area contributed by atoms with Crippen LogP contribution in [0.4, 0.5) is 11.5 Å². The number of hydrogen-bond donors (Lipinski definition) is 1. The van der Waals surface area contributed by atoms with Gasteiger partial charge in [0, 0.05) is 18.6 Å². The molecule has 0 radical (unpaired) electrons. The second-order valence-corrected chi connectivity index (χ2v) is 6.07. The molecule has 0 aliphatic carbocycles. The highest BCUT2D eigenvalue weighted by Crippen LogP contribution is 2.31. The number of anilines is 2. The first-order valence-corrected chi connectivity index (χ1v) is 7.57. The highest BCUT2D eigenvalue weighted by Gasteiger charge is 2.22. The third-order valence-corrected chi connectivity index (χ3v) is 3.69.